The number of hydrogen-bond donors (Lipinski definition) is 1. The quantitative estimate of drug-likeness (QED) is 0.105. The zero-order chi connectivity index (χ0) is 25.7. The molecule has 5 nitrogen and oxygen atoms in total. The third kappa shape index (κ3) is 8.65. The number of ether oxygens (including phenoxy) is 3. The summed E-state index contributed by atoms with van der Waals surface area (Å²) in [5.41, 5.74) is 2.39. The van der Waals surface area contributed by atoms with Gasteiger partial charge < -0.3 is 23.7 Å². The Labute approximate surface area is 209 Å². The van der Waals surface area contributed by atoms with Crippen LogP contribution in [0.25, 0.3) is 0 Å². The number of benzene rings is 1. The first-order valence-electron chi connectivity index (χ1n) is 12.5. The molecule has 0 saturated carbocycles. The third-order valence-corrected chi connectivity index (χ3v) is 12.9. The van der Waals surface area contributed by atoms with E-state index < -0.39 is 14.4 Å². The molecule has 0 fully saturated rings. The van der Waals surface area contributed by atoms with Crippen LogP contribution < -0.4 is 4.74 Å². The maximum absolute atomic E-state index is 11.0. The normalized spacial score (nSPS) is 14.9. The van der Waals surface area contributed by atoms with Gasteiger partial charge in [0.05, 0.1) is 32.5 Å². The summed E-state index contributed by atoms with van der Waals surface area (Å²) in [5.74, 6) is 0.611. The van der Waals surface area contributed by atoms with Crippen molar-refractivity contribution in [3.05, 3.63) is 55.1 Å². The van der Waals surface area contributed by atoms with Gasteiger partial charge in [-0.1, -0.05) is 65.8 Å². The van der Waals surface area contributed by atoms with E-state index in [1.54, 1.807) is 13.2 Å². The Morgan fingerprint density at radius 3 is 1.91 bits per heavy atom. The number of methoxy groups -OCH3 is 1. The highest BCUT2D eigenvalue weighted by Crippen LogP contribution is 2.44. The van der Waals surface area contributed by atoms with E-state index >= 15 is 0 Å². The van der Waals surface area contributed by atoms with Crippen molar-refractivity contribution in [3.8, 4) is 5.75 Å². The van der Waals surface area contributed by atoms with Crippen molar-refractivity contribution in [2.24, 2.45) is 5.92 Å². The monoisotopic (exact) mass is 492 g/mol. The number of rotatable bonds is 18. The van der Waals surface area contributed by atoms with E-state index in [0.29, 0.717) is 42.7 Å². The molecule has 6 heteroatoms. The smallest absolute Gasteiger partial charge is 0.200 e. The summed E-state index contributed by atoms with van der Waals surface area (Å²) in [6.45, 7) is 22.4. The maximum Gasteiger partial charge on any atom is 0.200 e. The maximum atomic E-state index is 11.0. The van der Waals surface area contributed by atoms with Crippen LogP contribution in [0, 0.1) is 5.92 Å². The highest BCUT2D eigenvalue weighted by molar-refractivity contribution is 6.77. The van der Waals surface area contributed by atoms with Gasteiger partial charge in [-0.05, 0) is 47.2 Å². The fraction of sp³-hybridized carbons (Fsp3) is 0.643. The molecule has 0 spiro atoms. The highest BCUT2D eigenvalue weighted by atomic mass is 28.4. The standard InChI is InChI=1S/C28H48O5Si/c1-10-12-27(29)26(19-32-20-31-18-24-14-16-25(30-9)17-15-24)28(13-11-2)33-34(21(3)4,22(5)6)23(7)8/h10-11,14-17,21-23,26-29H,1-2,12-13,18-20H2,3-9H3/t26-,27+,28-/m0/s1. The van der Waals surface area contributed by atoms with Crippen LogP contribution >= 0.6 is 0 Å². The van der Waals surface area contributed by atoms with Crippen LogP contribution in [0.15, 0.2) is 49.6 Å². The third-order valence-electron chi connectivity index (χ3n) is 6.75. The van der Waals surface area contributed by atoms with E-state index in [1.807, 2.05) is 30.3 Å². The summed E-state index contributed by atoms with van der Waals surface area (Å²) in [4.78, 5) is 0. The van der Waals surface area contributed by atoms with Gasteiger partial charge in [-0.3, -0.25) is 0 Å². The molecule has 0 heterocycles. The van der Waals surface area contributed by atoms with Crippen LogP contribution in [0.3, 0.4) is 0 Å². The van der Waals surface area contributed by atoms with E-state index in [1.165, 1.54) is 0 Å². The summed E-state index contributed by atoms with van der Waals surface area (Å²) < 4.78 is 23.9. The van der Waals surface area contributed by atoms with E-state index in [2.05, 4.69) is 54.7 Å². The first kappa shape index (κ1) is 30.6. The lowest BCUT2D eigenvalue weighted by Gasteiger charge is -2.46. The second-order valence-electron chi connectivity index (χ2n) is 9.94. The Bertz CT molecular complexity index is 679. The van der Waals surface area contributed by atoms with Crippen LogP contribution in [-0.2, 0) is 20.5 Å². The largest absolute Gasteiger partial charge is 0.497 e. The molecule has 0 radical (unpaired) electrons. The van der Waals surface area contributed by atoms with Crippen LogP contribution in [0.4, 0.5) is 0 Å². The molecule has 0 bridgehead atoms. The highest BCUT2D eigenvalue weighted by Gasteiger charge is 2.48. The first-order chi connectivity index (χ1) is 16.1. The van der Waals surface area contributed by atoms with Crippen molar-refractivity contribution in [3.63, 3.8) is 0 Å². The van der Waals surface area contributed by atoms with Gasteiger partial charge in [0.25, 0.3) is 0 Å². The minimum absolute atomic E-state index is 0.144. The van der Waals surface area contributed by atoms with Gasteiger partial charge in [-0.25, -0.2) is 0 Å². The van der Waals surface area contributed by atoms with Crippen LogP contribution in [0.5, 0.6) is 5.75 Å². The van der Waals surface area contributed by atoms with E-state index in [9.17, 15) is 5.11 Å². The Kier molecular flexibility index (Phi) is 14.0. The van der Waals surface area contributed by atoms with Gasteiger partial charge in [0.2, 0.25) is 8.32 Å². The Hall–Kier alpha value is -1.44. The molecule has 1 aromatic rings. The van der Waals surface area contributed by atoms with Gasteiger partial charge in [0.1, 0.15) is 12.5 Å². The summed E-state index contributed by atoms with van der Waals surface area (Å²) in [7, 11) is -0.499. The molecule has 3 atom stereocenters. The van der Waals surface area contributed by atoms with Crippen molar-refractivity contribution in [1.29, 1.82) is 0 Å². The molecule has 194 valence electrons. The van der Waals surface area contributed by atoms with Gasteiger partial charge in [-0.2, -0.15) is 0 Å². The number of aliphatic hydroxyl groups excluding tert-OH is 1. The summed E-state index contributed by atoms with van der Waals surface area (Å²) >= 11 is 0. The zero-order valence-corrected chi connectivity index (χ0v) is 23.5. The molecule has 0 amide bonds. The fourth-order valence-corrected chi connectivity index (χ4v) is 10.7. The predicted molar refractivity (Wildman–Crippen MR) is 144 cm³/mol. The minimum Gasteiger partial charge on any atom is -0.497 e. The molecule has 0 saturated heterocycles. The second-order valence-corrected chi connectivity index (χ2v) is 15.3. The molecular weight excluding hydrogens is 444 g/mol. The number of hydrogen-bond acceptors (Lipinski definition) is 5. The summed E-state index contributed by atoms with van der Waals surface area (Å²) in [5, 5.41) is 11.0. The zero-order valence-electron chi connectivity index (χ0n) is 22.5. The van der Waals surface area contributed by atoms with Crippen LogP contribution in [0.2, 0.25) is 16.6 Å². The van der Waals surface area contributed by atoms with E-state index in [0.717, 1.165) is 11.3 Å². The van der Waals surface area contributed by atoms with E-state index in [-0.39, 0.29) is 18.8 Å². The van der Waals surface area contributed by atoms with Gasteiger partial charge in [-0.15, -0.1) is 13.2 Å². The first-order valence-corrected chi connectivity index (χ1v) is 14.6. The Balaban J connectivity index is 2.91. The Morgan fingerprint density at radius 2 is 1.44 bits per heavy atom. The van der Waals surface area contributed by atoms with E-state index in [4.69, 9.17) is 18.6 Å². The average Bonchev–Trinajstić information content (AvgIpc) is 2.79. The molecule has 1 N–H and O–H groups in total. The fourth-order valence-electron chi connectivity index (χ4n) is 5.08. The molecular formula is C28H48O5Si. The van der Waals surface area contributed by atoms with Gasteiger partial charge in [0, 0.05) is 5.92 Å². The lowest BCUT2D eigenvalue weighted by molar-refractivity contribution is -0.101. The molecule has 0 aliphatic carbocycles. The molecule has 0 aliphatic rings. The minimum atomic E-state index is -2.15. The average molecular weight is 493 g/mol. The lowest BCUT2D eigenvalue weighted by Crippen LogP contribution is -2.53. The molecule has 34 heavy (non-hydrogen) atoms. The topological polar surface area (TPSA) is 57.2 Å². The van der Waals surface area contributed by atoms with Crippen molar-refractivity contribution in [2.75, 3.05) is 20.5 Å². The molecule has 1 aromatic carbocycles. The SMILES string of the molecule is C=CC[C@@H](O)[C@H](COCOCc1ccc(OC)cc1)[C@H](CC=C)O[Si](C(C)C)(C(C)C)C(C)C. The molecule has 0 aliphatic heterocycles. The molecule has 0 unspecified atom stereocenters. The number of aliphatic hydroxyl groups is 1. The lowest BCUT2D eigenvalue weighted by atomic mass is 9.92. The van der Waals surface area contributed by atoms with Crippen LogP contribution in [-0.4, -0.2) is 46.1 Å². The summed E-state index contributed by atoms with van der Waals surface area (Å²) in [6, 6.07) is 7.76. The molecule has 0 aromatic heterocycles. The summed E-state index contributed by atoms with van der Waals surface area (Å²) in [6.07, 6.45) is 4.00. The second kappa shape index (κ2) is 15.5. The van der Waals surface area contributed by atoms with Gasteiger partial charge in [0.15, 0.2) is 0 Å². The van der Waals surface area contributed by atoms with Crippen molar-refractivity contribution in [1.82, 2.24) is 0 Å². The van der Waals surface area contributed by atoms with Crippen molar-refractivity contribution >= 4 is 8.32 Å². The van der Waals surface area contributed by atoms with Crippen molar-refractivity contribution < 1.29 is 23.7 Å². The van der Waals surface area contributed by atoms with Crippen molar-refractivity contribution in [2.45, 2.75) is 89.8 Å². The Morgan fingerprint density at radius 1 is 0.882 bits per heavy atom. The molecule has 1 rings (SSSR count). The van der Waals surface area contributed by atoms with Gasteiger partial charge >= 0.3 is 0 Å². The van der Waals surface area contributed by atoms with Crippen LogP contribution in [0.1, 0.15) is 59.9 Å². The predicted octanol–water partition coefficient (Wildman–Crippen LogP) is 6.88.